The first-order valence-electron chi connectivity index (χ1n) is 5.86. The lowest BCUT2D eigenvalue weighted by Gasteiger charge is -2.19. The molecule has 1 N–H and O–H groups in total. The highest BCUT2D eigenvalue weighted by Gasteiger charge is 2.27. The molecule has 0 spiro atoms. The Morgan fingerprint density at radius 3 is 3.29 bits per heavy atom. The molecule has 0 saturated heterocycles. The van der Waals surface area contributed by atoms with E-state index in [1.165, 1.54) is 6.42 Å². The molecule has 1 saturated carbocycles. The maximum absolute atomic E-state index is 5.45. The monoisotopic (exact) mass is 249 g/mol. The van der Waals surface area contributed by atoms with Crippen LogP contribution in [0.3, 0.4) is 0 Å². The zero-order chi connectivity index (χ0) is 11.7. The van der Waals surface area contributed by atoms with Crippen LogP contribution in [0.4, 0.5) is 5.95 Å². The quantitative estimate of drug-likeness (QED) is 0.908. The lowest BCUT2D eigenvalue weighted by Crippen LogP contribution is -2.30. The van der Waals surface area contributed by atoms with Gasteiger partial charge in [0.2, 0.25) is 5.95 Å². The lowest BCUT2D eigenvalue weighted by molar-refractivity contribution is 0.101. The number of nitrogens with zero attached hydrogens (tertiary/aromatic N) is 2. The van der Waals surface area contributed by atoms with E-state index in [0.717, 1.165) is 23.1 Å². The fraction of sp³-hybridized carbons (Fsp3) is 0.500. The Hall–Kier alpha value is -1.20. The molecule has 3 rings (SSSR count). The predicted octanol–water partition coefficient (Wildman–Crippen LogP) is 2.67. The van der Waals surface area contributed by atoms with Crippen LogP contribution in [0.5, 0.6) is 0 Å². The molecular weight excluding hydrogens is 234 g/mol. The van der Waals surface area contributed by atoms with E-state index in [1.54, 1.807) is 18.4 Å². The molecule has 1 aliphatic rings. The molecule has 0 bridgehead atoms. The van der Waals surface area contributed by atoms with Crippen LogP contribution in [0.15, 0.2) is 17.6 Å². The standard InChI is InChI=1S/C12H15N3OS/c1-16-10-4-2-3-9(10)14-12-13-7-8-5-6-17-11(8)15-12/h5-7,9-10H,2-4H2,1H3,(H,13,14,15). The number of nitrogens with one attached hydrogen (secondary N) is 1. The number of fused-ring (bicyclic) bond motifs is 1. The smallest absolute Gasteiger partial charge is 0.224 e. The lowest BCUT2D eigenvalue weighted by atomic mass is 10.2. The Morgan fingerprint density at radius 1 is 1.47 bits per heavy atom. The summed E-state index contributed by atoms with van der Waals surface area (Å²) in [6, 6.07) is 2.38. The van der Waals surface area contributed by atoms with E-state index in [1.807, 2.05) is 17.6 Å². The Bertz CT molecular complexity index is 513. The molecule has 2 aromatic rings. The number of aromatic nitrogens is 2. The molecular formula is C12H15N3OS. The number of hydrogen-bond acceptors (Lipinski definition) is 5. The van der Waals surface area contributed by atoms with Gasteiger partial charge >= 0.3 is 0 Å². The van der Waals surface area contributed by atoms with Gasteiger partial charge in [-0.15, -0.1) is 11.3 Å². The van der Waals surface area contributed by atoms with E-state index in [2.05, 4.69) is 15.3 Å². The van der Waals surface area contributed by atoms with Crippen molar-refractivity contribution >= 4 is 27.5 Å². The first-order valence-corrected chi connectivity index (χ1v) is 6.74. The number of methoxy groups -OCH3 is 1. The van der Waals surface area contributed by atoms with E-state index in [4.69, 9.17) is 4.74 Å². The molecule has 90 valence electrons. The van der Waals surface area contributed by atoms with Crippen LogP contribution in [-0.2, 0) is 4.74 Å². The average Bonchev–Trinajstić information content (AvgIpc) is 2.96. The first kappa shape index (κ1) is 10.9. The molecule has 0 aliphatic heterocycles. The Balaban J connectivity index is 1.79. The van der Waals surface area contributed by atoms with Gasteiger partial charge < -0.3 is 10.1 Å². The number of rotatable bonds is 3. The van der Waals surface area contributed by atoms with Crippen molar-refractivity contribution < 1.29 is 4.74 Å². The van der Waals surface area contributed by atoms with Crippen LogP contribution in [0.25, 0.3) is 10.2 Å². The summed E-state index contributed by atoms with van der Waals surface area (Å²) in [5, 5.41) is 6.53. The van der Waals surface area contributed by atoms with Crippen molar-refractivity contribution in [3.8, 4) is 0 Å². The van der Waals surface area contributed by atoms with Crippen molar-refractivity contribution in [2.45, 2.75) is 31.4 Å². The van der Waals surface area contributed by atoms with Crippen LogP contribution in [0.1, 0.15) is 19.3 Å². The molecule has 0 radical (unpaired) electrons. The van der Waals surface area contributed by atoms with E-state index in [-0.39, 0.29) is 6.10 Å². The van der Waals surface area contributed by atoms with Gasteiger partial charge in [-0.1, -0.05) is 0 Å². The number of hydrogen-bond donors (Lipinski definition) is 1. The summed E-state index contributed by atoms with van der Waals surface area (Å²) in [6.45, 7) is 0. The van der Waals surface area contributed by atoms with E-state index < -0.39 is 0 Å². The topological polar surface area (TPSA) is 47.0 Å². The summed E-state index contributed by atoms with van der Waals surface area (Å²) in [6.07, 6.45) is 5.62. The zero-order valence-electron chi connectivity index (χ0n) is 9.72. The molecule has 1 aliphatic carbocycles. The van der Waals surface area contributed by atoms with Gasteiger partial charge in [-0.2, -0.15) is 0 Å². The minimum atomic E-state index is 0.289. The largest absolute Gasteiger partial charge is 0.379 e. The average molecular weight is 249 g/mol. The summed E-state index contributed by atoms with van der Waals surface area (Å²) < 4.78 is 5.45. The van der Waals surface area contributed by atoms with Crippen LogP contribution in [0.2, 0.25) is 0 Å². The van der Waals surface area contributed by atoms with E-state index in [0.29, 0.717) is 12.0 Å². The van der Waals surface area contributed by atoms with Crippen molar-refractivity contribution in [2.24, 2.45) is 0 Å². The Labute approximate surface area is 104 Å². The molecule has 2 atom stereocenters. The third-order valence-electron chi connectivity index (χ3n) is 3.28. The van der Waals surface area contributed by atoms with Gasteiger partial charge in [-0.05, 0) is 30.7 Å². The highest BCUT2D eigenvalue weighted by atomic mass is 32.1. The minimum Gasteiger partial charge on any atom is -0.379 e. The Morgan fingerprint density at radius 2 is 2.41 bits per heavy atom. The maximum atomic E-state index is 5.45. The predicted molar refractivity (Wildman–Crippen MR) is 69.5 cm³/mol. The summed E-state index contributed by atoms with van der Waals surface area (Å²) in [7, 11) is 1.77. The molecule has 0 aromatic carbocycles. The SMILES string of the molecule is COC1CCCC1Nc1ncc2ccsc2n1. The second-order valence-electron chi connectivity index (χ2n) is 4.33. The zero-order valence-corrected chi connectivity index (χ0v) is 10.5. The third-order valence-corrected chi connectivity index (χ3v) is 4.10. The van der Waals surface area contributed by atoms with Gasteiger partial charge in [-0.25, -0.2) is 9.97 Å². The summed E-state index contributed by atoms with van der Waals surface area (Å²) >= 11 is 1.64. The number of thiophene rings is 1. The first-order chi connectivity index (χ1) is 8.36. The Kier molecular flexibility index (Phi) is 2.94. The van der Waals surface area contributed by atoms with Crippen LogP contribution >= 0.6 is 11.3 Å². The van der Waals surface area contributed by atoms with Crippen molar-refractivity contribution in [3.05, 3.63) is 17.6 Å². The van der Waals surface area contributed by atoms with Crippen LogP contribution < -0.4 is 5.32 Å². The molecule has 1 fully saturated rings. The van der Waals surface area contributed by atoms with Crippen molar-refractivity contribution in [2.75, 3.05) is 12.4 Å². The molecule has 2 aromatic heterocycles. The molecule has 17 heavy (non-hydrogen) atoms. The van der Waals surface area contributed by atoms with Crippen LogP contribution in [-0.4, -0.2) is 29.2 Å². The minimum absolute atomic E-state index is 0.289. The van der Waals surface area contributed by atoms with Gasteiger partial charge in [-0.3, -0.25) is 0 Å². The summed E-state index contributed by atoms with van der Waals surface area (Å²) in [5.74, 6) is 0.717. The molecule has 2 unspecified atom stereocenters. The molecule has 5 heteroatoms. The summed E-state index contributed by atoms with van der Waals surface area (Å²) in [5.41, 5.74) is 0. The second-order valence-corrected chi connectivity index (χ2v) is 5.23. The van der Waals surface area contributed by atoms with Gasteiger partial charge in [0.25, 0.3) is 0 Å². The fourth-order valence-corrected chi connectivity index (χ4v) is 3.10. The van der Waals surface area contributed by atoms with Gasteiger partial charge in [0.15, 0.2) is 0 Å². The van der Waals surface area contributed by atoms with Gasteiger partial charge in [0.05, 0.1) is 12.1 Å². The summed E-state index contributed by atoms with van der Waals surface area (Å²) in [4.78, 5) is 9.88. The fourth-order valence-electron chi connectivity index (χ4n) is 2.36. The van der Waals surface area contributed by atoms with Crippen molar-refractivity contribution in [3.63, 3.8) is 0 Å². The number of anilines is 1. The maximum Gasteiger partial charge on any atom is 0.224 e. The van der Waals surface area contributed by atoms with Crippen molar-refractivity contribution in [1.29, 1.82) is 0 Å². The van der Waals surface area contributed by atoms with Gasteiger partial charge in [0.1, 0.15) is 4.83 Å². The molecule has 2 heterocycles. The molecule has 4 nitrogen and oxygen atoms in total. The highest BCUT2D eigenvalue weighted by Crippen LogP contribution is 2.25. The number of ether oxygens (including phenoxy) is 1. The van der Waals surface area contributed by atoms with E-state index >= 15 is 0 Å². The van der Waals surface area contributed by atoms with Crippen LogP contribution in [0, 0.1) is 0 Å². The normalized spacial score (nSPS) is 24.3. The highest BCUT2D eigenvalue weighted by molar-refractivity contribution is 7.16. The third kappa shape index (κ3) is 2.12. The van der Waals surface area contributed by atoms with Crippen molar-refractivity contribution in [1.82, 2.24) is 9.97 Å². The van der Waals surface area contributed by atoms with Gasteiger partial charge in [0, 0.05) is 18.7 Å². The van der Waals surface area contributed by atoms with E-state index in [9.17, 15) is 0 Å². The second kappa shape index (κ2) is 4.58. The molecule has 0 amide bonds.